The molecule has 0 spiro atoms. The first-order valence-corrected chi connectivity index (χ1v) is 9.88. The third-order valence-corrected chi connectivity index (χ3v) is 4.81. The molecule has 0 fully saturated rings. The average Bonchev–Trinajstić information content (AvgIpc) is 3.08. The molecule has 2 aromatic carbocycles. The number of benzene rings is 2. The predicted molar refractivity (Wildman–Crippen MR) is 113 cm³/mol. The zero-order valence-corrected chi connectivity index (χ0v) is 17.0. The van der Waals surface area contributed by atoms with E-state index >= 15 is 0 Å². The maximum atomic E-state index is 12.0. The molecule has 1 aromatic heterocycles. The molecular weight excluding hydrogens is 350 g/mol. The largest absolute Gasteiger partial charge is 0.494 e. The Bertz CT molecular complexity index is 903. The van der Waals surface area contributed by atoms with Gasteiger partial charge in [-0.05, 0) is 47.6 Å². The summed E-state index contributed by atoms with van der Waals surface area (Å²) in [5, 5.41) is 4.09. The second kappa shape index (κ2) is 8.96. The van der Waals surface area contributed by atoms with Crippen LogP contribution < -0.4 is 10.1 Å². The lowest BCUT2D eigenvalue weighted by molar-refractivity contribution is -0.121. The van der Waals surface area contributed by atoms with Gasteiger partial charge in [0.1, 0.15) is 11.3 Å². The number of fused-ring (bicyclic) bond motifs is 1. The van der Waals surface area contributed by atoms with Crippen LogP contribution in [0, 0.1) is 0 Å². The molecule has 3 aromatic rings. The Kier molecular flexibility index (Phi) is 6.40. The standard InChI is InChI=1S/C24H29NO3/c1-24(2,3)19-10-12-20(13-11-19)27-16-6-9-23(26)25-15-14-18-17-28-22-8-5-4-7-21(18)22/h4-5,7-8,10-13,17H,6,9,14-16H2,1-3H3,(H,25,26). The van der Waals surface area contributed by atoms with E-state index in [-0.39, 0.29) is 11.3 Å². The fraction of sp³-hybridized carbons (Fsp3) is 0.375. The van der Waals surface area contributed by atoms with Crippen LogP contribution >= 0.6 is 0 Å². The highest BCUT2D eigenvalue weighted by molar-refractivity contribution is 5.81. The molecule has 0 bridgehead atoms. The minimum Gasteiger partial charge on any atom is -0.494 e. The Morgan fingerprint density at radius 2 is 1.82 bits per heavy atom. The monoisotopic (exact) mass is 379 g/mol. The summed E-state index contributed by atoms with van der Waals surface area (Å²) in [6.07, 6.45) is 3.70. The van der Waals surface area contributed by atoms with Gasteiger partial charge in [-0.25, -0.2) is 0 Å². The molecule has 1 heterocycles. The van der Waals surface area contributed by atoms with Crippen LogP contribution in [0.15, 0.2) is 59.2 Å². The molecule has 0 saturated carbocycles. The molecule has 28 heavy (non-hydrogen) atoms. The molecule has 4 nitrogen and oxygen atoms in total. The van der Waals surface area contributed by atoms with Crippen LogP contribution in [0.4, 0.5) is 0 Å². The lowest BCUT2D eigenvalue weighted by Gasteiger charge is -2.19. The van der Waals surface area contributed by atoms with Crippen LogP contribution in [-0.2, 0) is 16.6 Å². The molecule has 0 saturated heterocycles. The quantitative estimate of drug-likeness (QED) is 0.544. The first-order chi connectivity index (χ1) is 13.4. The third-order valence-electron chi connectivity index (χ3n) is 4.81. The summed E-state index contributed by atoms with van der Waals surface area (Å²) in [5.74, 6) is 0.903. The Morgan fingerprint density at radius 3 is 2.57 bits per heavy atom. The van der Waals surface area contributed by atoms with Gasteiger partial charge in [-0.2, -0.15) is 0 Å². The topological polar surface area (TPSA) is 51.5 Å². The summed E-state index contributed by atoms with van der Waals surface area (Å²) in [7, 11) is 0. The van der Waals surface area contributed by atoms with E-state index in [2.05, 4.69) is 38.2 Å². The maximum Gasteiger partial charge on any atom is 0.220 e. The van der Waals surface area contributed by atoms with E-state index in [1.807, 2.05) is 36.4 Å². The van der Waals surface area contributed by atoms with Crippen LogP contribution in [0.3, 0.4) is 0 Å². The zero-order chi connectivity index (χ0) is 20.0. The highest BCUT2D eigenvalue weighted by Crippen LogP contribution is 2.24. The normalized spacial score (nSPS) is 11.5. The minimum atomic E-state index is 0.0551. The molecule has 0 aliphatic heterocycles. The van der Waals surface area contributed by atoms with Gasteiger partial charge in [-0.3, -0.25) is 4.79 Å². The van der Waals surface area contributed by atoms with E-state index in [4.69, 9.17) is 9.15 Å². The molecule has 4 heteroatoms. The molecule has 3 rings (SSSR count). The van der Waals surface area contributed by atoms with Gasteiger partial charge in [0.15, 0.2) is 0 Å². The number of nitrogens with one attached hydrogen (secondary N) is 1. The van der Waals surface area contributed by atoms with Gasteiger partial charge in [-0.1, -0.05) is 51.1 Å². The highest BCUT2D eigenvalue weighted by atomic mass is 16.5. The lowest BCUT2D eigenvalue weighted by atomic mass is 9.87. The zero-order valence-electron chi connectivity index (χ0n) is 17.0. The fourth-order valence-corrected chi connectivity index (χ4v) is 3.13. The molecule has 0 aliphatic carbocycles. The molecule has 1 amide bonds. The molecule has 1 N–H and O–H groups in total. The molecule has 148 valence electrons. The number of furan rings is 1. The Labute approximate surface area is 166 Å². The highest BCUT2D eigenvalue weighted by Gasteiger charge is 2.13. The van der Waals surface area contributed by atoms with Gasteiger partial charge in [0.25, 0.3) is 0 Å². The fourth-order valence-electron chi connectivity index (χ4n) is 3.13. The van der Waals surface area contributed by atoms with E-state index in [0.29, 0.717) is 26.0 Å². The van der Waals surface area contributed by atoms with Crippen LogP contribution in [0.5, 0.6) is 5.75 Å². The maximum absolute atomic E-state index is 12.0. The van der Waals surface area contributed by atoms with Crippen LogP contribution in [0.2, 0.25) is 0 Å². The first kappa shape index (κ1) is 20.0. The van der Waals surface area contributed by atoms with Gasteiger partial charge < -0.3 is 14.5 Å². The van der Waals surface area contributed by atoms with E-state index < -0.39 is 0 Å². The van der Waals surface area contributed by atoms with Crippen LogP contribution in [0.25, 0.3) is 11.0 Å². The van der Waals surface area contributed by atoms with E-state index in [1.54, 1.807) is 6.26 Å². The molecule has 0 unspecified atom stereocenters. The van der Waals surface area contributed by atoms with Gasteiger partial charge >= 0.3 is 0 Å². The van der Waals surface area contributed by atoms with Crippen molar-refractivity contribution in [2.45, 2.75) is 45.4 Å². The van der Waals surface area contributed by atoms with Gasteiger partial charge in [-0.15, -0.1) is 0 Å². The van der Waals surface area contributed by atoms with Crippen LogP contribution in [-0.4, -0.2) is 19.1 Å². The Hall–Kier alpha value is -2.75. The number of rotatable bonds is 8. The van der Waals surface area contributed by atoms with Crippen molar-refractivity contribution in [3.8, 4) is 5.75 Å². The van der Waals surface area contributed by atoms with Gasteiger partial charge in [0.05, 0.1) is 12.9 Å². The van der Waals surface area contributed by atoms with E-state index in [9.17, 15) is 4.79 Å². The summed E-state index contributed by atoms with van der Waals surface area (Å²) >= 11 is 0. The van der Waals surface area contributed by atoms with Crippen molar-refractivity contribution < 1.29 is 13.9 Å². The summed E-state index contributed by atoms with van der Waals surface area (Å²) in [6, 6.07) is 16.1. The van der Waals surface area contributed by atoms with Crippen LogP contribution in [0.1, 0.15) is 44.7 Å². The van der Waals surface area contributed by atoms with Crippen molar-refractivity contribution >= 4 is 16.9 Å². The van der Waals surface area contributed by atoms with Crippen molar-refractivity contribution in [2.24, 2.45) is 0 Å². The number of para-hydroxylation sites is 1. The summed E-state index contributed by atoms with van der Waals surface area (Å²) in [4.78, 5) is 12.0. The number of hydrogen-bond acceptors (Lipinski definition) is 3. The molecule has 0 atom stereocenters. The number of carbonyl (C=O) groups excluding carboxylic acids is 1. The number of amides is 1. The summed E-state index contributed by atoms with van der Waals surface area (Å²) < 4.78 is 11.3. The Balaban J connectivity index is 1.33. The van der Waals surface area contributed by atoms with Crippen molar-refractivity contribution in [3.05, 3.63) is 65.9 Å². The van der Waals surface area contributed by atoms with E-state index in [1.165, 1.54) is 5.56 Å². The second-order valence-electron chi connectivity index (χ2n) is 8.08. The summed E-state index contributed by atoms with van der Waals surface area (Å²) in [6.45, 7) is 7.72. The molecular formula is C24H29NO3. The number of carbonyl (C=O) groups is 1. The average molecular weight is 380 g/mol. The van der Waals surface area contributed by atoms with Crippen molar-refractivity contribution in [2.75, 3.05) is 13.2 Å². The first-order valence-electron chi connectivity index (χ1n) is 9.88. The van der Waals surface area contributed by atoms with Gasteiger partial charge in [0, 0.05) is 18.4 Å². The predicted octanol–water partition coefficient (Wildman–Crippen LogP) is 5.25. The smallest absolute Gasteiger partial charge is 0.220 e. The number of hydrogen-bond donors (Lipinski definition) is 1. The van der Waals surface area contributed by atoms with Crippen molar-refractivity contribution in [3.63, 3.8) is 0 Å². The molecule has 0 aliphatic rings. The summed E-state index contributed by atoms with van der Waals surface area (Å²) in [5.41, 5.74) is 3.43. The Morgan fingerprint density at radius 1 is 1.07 bits per heavy atom. The van der Waals surface area contributed by atoms with Gasteiger partial charge in [0.2, 0.25) is 5.91 Å². The van der Waals surface area contributed by atoms with Crippen molar-refractivity contribution in [1.29, 1.82) is 0 Å². The lowest BCUT2D eigenvalue weighted by Crippen LogP contribution is -2.25. The SMILES string of the molecule is CC(C)(C)c1ccc(OCCCC(=O)NCCc2coc3ccccc23)cc1. The third kappa shape index (κ3) is 5.38. The second-order valence-corrected chi connectivity index (χ2v) is 8.08. The number of ether oxygens (including phenoxy) is 1. The van der Waals surface area contributed by atoms with Crippen molar-refractivity contribution in [1.82, 2.24) is 5.32 Å². The minimum absolute atomic E-state index is 0.0551. The van der Waals surface area contributed by atoms with E-state index in [0.717, 1.165) is 28.7 Å². The molecule has 0 radical (unpaired) electrons.